The van der Waals surface area contributed by atoms with Gasteiger partial charge in [0.15, 0.2) is 0 Å². The molecule has 2 aromatic heterocycles. The lowest BCUT2D eigenvalue weighted by molar-refractivity contribution is 1.16. The van der Waals surface area contributed by atoms with Gasteiger partial charge in [-0.2, -0.15) is 4.37 Å². The minimum absolute atomic E-state index is 0.254. The summed E-state index contributed by atoms with van der Waals surface area (Å²) in [7, 11) is 0. The summed E-state index contributed by atoms with van der Waals surface area (Å²) in [4.78, 5) is 8.55. The second-order valence-electron chi connectivity index (χ2n) is 3.04. The van der Waals surface area contributed by atoms with E-state index in [-0.39, 0.29) is 4.99 Å². The average molecular weight is 251 g/mol. The highest BCUT2D eigenvalue weighted by molar-refractivity contribution is 7.80. The molecule has 2 heterocycles. The number of aryl methyl sites for hydroxylation is 1. The molecule has 16 heavy (non-hydrogen) atoms. The number of thiocarbonyl (C=S) groups is 1. The molecule has 0 atom stereocenters. The first-order valence-corrected chi connectivity index (χ1v) is 5.67. The molecule has 7 heteroatoms. The summed E-state index contributed by atoms with van der Waals surface area (Å²) in [6.07, 6.45) is 1.64. The standard InChI is InChI=1S/C9H9N5S2/c1-5-12-9(16-14-5)13-6-3-2-4-11-7(6)8(10)15/h2-4H,1H3,(H2,10,15)(H,12,13,14). The number of nitrogens with zero attached hydrogens (tertiary/aromatic N) is 3. The maximum Gasteiger partial charge on any atom is 0.207 e. The second-order valence-corrected chi connectivity index (χ2v) is 4.23. The van der Waals surface area contributed by atoms with E-state index < -0.39 is 0 Å². The lowest BCUT2D eigenvalue weighted by atomic mass is 10.3. The average Bonchev–Trinajstić information content (AvgIpc) is 2.64. The highest BCUT2D eigenvalue weighted by Gasteiger charge is 2.08. The third-order valence-electron chi connectivity index (χ3n) is 1.81. The lowest BCUT2D eigenvalue weighted by Crippen LogP contribution is -2.13. The van der Waals surface area contributed by atoms with E-state index in [1.54, 1.807) is 12.3 Å². The molecule has 3 N–H and O–H groups in total. The summed E-state index contributed by atoms with van der Waals surface area (Å²) in [6.45, 7) is 1.83. The number of rotatable bonds is 3. The molecular weight excluding hydrogens is 242 g/mol. The Labute approximate surface area is 102 Å². The first-order chi connectivity index (χ1) is 7.66. The lowest BCUT2D eigenvalue weighted by Gasteiger charge is -2.06. The van der Waals surface area contributed by atoms with Crippen molar-refractivity contribution >= 4 is 39.6 Å². The van der Waals surface area contributed by atoms with Gasteiger partial charge in [0.25, 0.3) is 0 Å². The molecule has 5 nitrogen and oxygen atoms in total. The zero-order chi connectivity index (χ0) is 11.5. The van der Waals surface area contributed by atoms with Gasteiger partial charge in [-0.1, -0.05) is 12.2 Å². The summed E-state index contributed by atoms with van der Waals surface area (Å²) >= 11 is 6.19. The molecule has 0 saturated carbocycles. The minimum Gasteiger partial charge on any atom is -0.388 e. The predicted octanol–water partition coefficient (Wildman–Crippen LogP) is 1.62. The molecule has 0 aromatic carbocycles. The van der Waals surface area contributed by atoms with Gasteiger partial charge in [-0.3, -0.25) is 4.98 Å². The van der Waals surface area contributed by atoms with E-state index in [9.17, 15) is 0 Å². The van der Waals surface area contributed by atoms with Crippen LogP contribution >= 0.6 is 23.8 Å². The molecule has 0 aliphatic carbocycles. The van der Waals surface area contributed by atoms with Crippen molar-refractivity contribution in [3.63, 3.8) is 0 Å². The van der Waals surface area contributed by atoms with Crippen molar-refractivity contribution < 1.29 is 0 Å². The Morgan fingerprint density at radius 1 is 1.56 bits per heavy atom. The molecule has 82 valence electrons. The van der Waals surface area contributed by atoms with E-state index in [1.165, 1.54) is 11.5 Å². The van der Waals surface area contributed by atoms with Crippen LogP contribution in [0.1, 0.15) is 11.5 Å². The van der Waals surface area contributed by atoms with Gasteiger partial charge in [-0.25, -0.2) is 4.98 Å². The fourth-order valence-corrected chi connectivity index (χ4v) is 1.92. The van der Waals surface area contributed by atoms with Crippen LogP contribution in [0.15, 0.2) is 18.3 Å². The largest absolute Gasteiger partial charge is 0.388 e. The van der Waals surface area contributed by atoms with Crippen molar-refractivity contribution in [3.05, 3.63) is 29.8 Å². The summed E-state index contributed by atoms with van der Waals surface area (Å²) in [5.74, 6) is 0.730. The monoisotopic (exact) mass is 251 g/mol. The molecule has 2 rings (SSSR count). The maximum atomic E-state index is 5.57. The predicted molar refractivity (Wildman–Crippen MR) is 68.1 cm³/mol. The minimum atomic E-state index is 0.254. The van der Waals surface area contributed by atoms with Crippen molar-refractivity contribution in [2.24, 2.45) is 5.73 Å². The van der Waals surface area contributed by atoms with Crippen molar-refractivity contribution in [3.8, 4) is 0 Å². The van der Waals surface area contributed by atoms with Crippen LogP contribution in [-0.4, -0.2) is 19.3 Å². The summed E-state index contributed by atoms with van der Waals surface area (Å²) < 4.78 is 4.07. The number of nitrogens with two attached hydrogens (primary N) is 1. The first kappa shape index (κ1) is 10.9. The molecule has 0 fully saturated rings. The number of pyridine rings is 1. The van der Waals surface area contributed by atoms with Crippen molar-refractivity contribution in [1.29, 1.82) is 0 Å². The SMILES string of the molecule is Cc1nsc(Nc2cccnc2C(N)=S)n1. The van der Waals surface area contributed by atoms with Gasteiger partial charge in [0.05, 0.1) is 5.69 Å². The fourth-order valence-electron chi connectivity index (χ4n) is 1.17. The van der Waals surface area contributed by atoms with Crippen LogP contribution in [0.5, 0.6) is 0 Å². The zero-order valence-corrected chi connectivity index (χ0v) is 10.1. The number of hydrogen-bond donors (Lipinski definition) is 2. The Kier molecular flexibility index (Phi) is 3.07. The zero-order valence-electron chi connectivity index (χ0n) is 8.47. The third kappa shape index (κ3) is 2.31. The highest BCUT2D eigenvalue weighted by Crippen LogP contribution is 2.20. The number of anilines is 2. The van der Waals surface area contributed by atoms with E-state index in [4.69, 9.17) is 18.0 Å². The molecule has 0 saturated heterocycles. The Balaban J connectivity index is 2.31. The van der Waals surface area contributed by atoms with Crippen molar-refractivity contribution in [2.75, 3.05) is 5.32 Å². The van der Waals surface area contributed by atoms with Gasteiger partial charge < -0.3 is 11.1 Å². The van der Waals surface area contributed by atoms with Crippen LogP contribution in [0, 0.1) is 6.92 Å². The number of aromatic nitrogens is 3. The van der Waals surface area contributed by atoms with Crippen molar-refractivity contribution in [2.45, 2.75) is 6.92 Å². The molecule has 0 unspecified atom stereocenters. The molecule has 0 bridgehead atoms. The Morgan fingerprint density at radius 2 is 2.38 bits per heavy atom. The Bertz CT molecular complexity index is 522. The van der Waals surface area contributed by atoms with E-state index >= 15 is 0 Å². The molecule has 0 aliphatic rings. The molecule has 0 amide bonds. The second kappa shape index (κ2) is 4.50. The van der Waals surface area contributed by atoms with E-state index in [1.807, 2.05) is 13.0 Å². The Morgan fingerprint density at radius 3 is 3.00 bits per heavy atom. The molecule has 0 radical (unpaired) electrons. The third-order valence-corrected chi connectivity index (χ3v) is 2.73. The fraction of sp³-hybridized carbons (Fsp3) is 0.111. The van der Waals surface area contributed by atoms with Gasteiger partial charge >= 0.3 is 0 Å². The van der Waals surface area contributed by atoms with Crippen LogP contribution < -0.4 is 11.1 Å². The smallest absolute Gasteiger partial charge is 0.207 e. The summed E-state index contributed by atoms with van der Waals surface area (Å²) in [6, 6.07) is 3.65. The number of hydrogen-bond acceptors (Lipinski definition) is 6. The van der Waals surface area contributed by atoms with E-state index in [0.29, 0.717) is 10.8 Å². The van der Waals surface area contributed by atoms with Gasteiger partial charge in [0, 0.05) is 17.7 Å². The van der Waals surface area contributed by atoms with Crippen molar-refractivity contribution in [1.82, 2.24) is 14.3 Å². The van der Waals surface area contributed by atoms with Crippen LogP contribution in [0.4, 0.5) is 10.8 Å². The molecule has 2 aromatic rings. The molecular formula is C9H9N5S2. The van der Waals surface area contributed by atoms with Crippen LogP contribution in [-0.2, 0) is 0 Å². The van der Waals surface area contributed by atoms with Crippen LogP contribution in [0.25, 0.3) is 0 Å². The topological polar surface area (TPSA) is 76.7 Å². The Hall–Kier alpha value is -1.60. The van der Waals surface area contributed by atoms with Gasteiger partial charge in [0.1, 0.15) is 16.5 Å². The van der Waals surface area contributed by atoms with Gasteiger partial charge in [-0.05, 0) is 19.1 Å². The van der Waals surface area contributed by atoms with Gasteiger partial charge in [0.2, 0.25) is 5.13 Å². The van der Waals surface area contributed by atoms with E-state index in [2.05, 4.69) is 19.7 Å². The normalized spacial score (nSPS) is 10.1. The quantitative estimate of drug-likeness (QED) is 0.807. The van der Waals surface area contributed by atoms with Gasteiger partial charge in [-0.15, -0.1) is 0 Å². The maximum absolute atomic E-state index is 5.57. The molecule has 0 aliphatic heterocycles. The van der Waals surface area contributed by atoms with Crippen LogP contribution in [0.2, 0.25) is 0 Å². The highest BCUT2D eigenvalue weighted by atomic mass is 32.1. The summed E-state index contributed by atoms with van der Waals surface area (Å²) in [5, 5.41) is 3.79. The molecule has 0 spiro atoms. The van der Waals surface area contributed by atoms with E-state index in [0.717, 1.165) is 11.5 Å². The van der Waals surface area contributed by atoms with Crippen LogP contribution in [0.3, 0.4) is 0 Å². The summed E-state index contributed by atoms with van der Waals surface area (Å²) in [5.41, 5.74) is 6.87. The first-order valence-electron chi connectivity index (χ1n) is 4.49. The number of nitrogens with one attached hydrogen (secondary N) is 1.